The lowest BCUT2D eigenvalue weighted by Crippen LogP contribution is -2.41. The number of nitrogens with zero attached hydrogens (tertiary/aromatic N) is 2. The number of hydrogen-bond acceptors (Lipinski definition) is 5. The number of guanidine groups is 1. The number of aliphatic imine (C=N–C) groups is 1. The maximum Gasteiger partial charge on any atom is 0.263 e. The molecule has 1 amide bonds. The molecule has 0 radical (unpaired) electrons. The molecule has 0 fully saturated rings. The molecule has 0 saturated carbocycles. The molecule has 0 spiro atoms. The molecular weight excluding hydrogens is 489 g/mol. The van der Waals surface area contributed by atoms with Gasteiger partial charge in [-0.05, 0) is 25.8 Å². The molecule has 154 valence electrons. The SMILES string of the molecule is CCNC(=NCCC(O)c1ccccc1)NCCNC(=O)c1scnc1C.I. The standard InChI is InChI=1S/C19H27N5O2S.HI/c1-3-20-19(22-10-9-16(25)15-7-5-4-6-8-15)23-12-11-21-18(26)17-14(2)24-13-27-17;/h4-8,13,16,25H,3,9-12H2,1-2H3,(H,21,26)(H2,20,22,23);1H. The first kappa shape index (κ1) is 24.3. The van der Waals surface area contributed by atoms with Crippen molar-refractivity contribution < 1.29 is 9.90 Å². The van der Waals surface area contributed by atoms with Gasteiger partial charge in [0.25, 0.3) is 5.91 Å². The smallest absolute Gasteiger partial charge is 0.263 e. The Morgan fingerprint density at radius 2 is 1.93 bits per heavy atom. The van der Waals surface area contributed by atoms with Crippen molar-refractivity contribution in [3.05, 3.63) is 52.0 Å². The Balaban J connectivity index is 0.00000392. The number of benzene rings is 1. The van der Waals surface area contributed by atoms with Gasteiger partial charge in [0.2, 0.25) is 0 Å². The molecule has 1 aromatic carbocycles. The number of aromatic nitrogens is 1. The summed E-state index contributed by atoms with van der Waals surface area (Å²) in [6, 6.07) is 9.57. The number of thiazole rings is 1. The van der Waals surface area contributed by atoms with E-state index in [0.717, 1.165) is 17.8 Å². The molecule has 4 N–H and O–H groups in total. The molecule has 1 unspecified atom stereocenters. The van der Waals surface area contributed by atoms with Crippen molar-refractivity contribution >= 4 is 47.2 Å². The molecule has 1 heterocycles. The van der Waals surface area contributed by atoms with E-state index in [0.29, 0.717) is 36.9 Å². The predicted octanol–water partition coefficient (Wildman–Crippen LogP) is 2.48. The number of carbonyl (C=O) groups excluding carboxylic acids is 1. The number of hydrogen-bond donors (Lipinski definition) is 4. The van der Waals surface area contributed by atoms with Crippen LogP contribution >= 0.6 is 35.3 Å². The topological polar surface area (TPSA) is 98.6 Å². The summed E-state index contributed by atoms with van der Waals surface area (Å²) in [5.74, 6) is 0.561. The average molecular weight is 517 g/mol. The summed E-state index contributed by atoms with van der Waals surface area (Å²) in [6.07, 6.45) is 0.0156. The minimum Gasteiger partial charge on any atom is -0.388 e. The summed E-state index contributed by atoms with van der Waals surface area (Å²) in [5, 5.41) is 19.4. The second-order valence-electron chi connectivity index (χ2n) is 5.93. The number of rotatable bonds is 9. The first-order chi connectivity index (χ1) is 13.1. The van der Waals surface area contributed by atoms with Gasteiger partial charge in [-0.3, -0.25) is 9.79 Å². The molecule has 0 aliphatic rings. The van der Waals surface area contributed by atoms with E-state index in [-0.39, 0.29) is 29.9 Å². The maximum atomic E-state index is 12.0. The maximum absolute atomic E-state index is 12.0. The minimum absolute atomic E-state index is 0. The van der Waals surface area contributed by atoms with Crippen LogP contribution in [0.25, 0.3) is 0 Å². The number of halogens is 1. The fourth-order valence-electron chi connectivity index (χ4n) is 2.44. The Morgan fingerprint density at radius 1 is 1.21 bits per heavy atom. The normalized spacial score (nSPS) is 12.0. The molecule has 0 bridgehead atoms. The van der Waals surface area contributed by atoms with Crippen LogP contribution in [0.15, 0.2) is 40.8 Å². The number of carbonyl (C=O) groups is 1. The molecule has 1 atom stereocenters. The van der Waals surface area contributed by atoms with E-state index in [2.05, 4.69) is 25.9 Å². The van der Waals surface area contributed by atoms with Gasteiger partial charge < -0.3 is 21.1 Å². The summed E-state index contributed by atoms with van der Waals surface area (Å²) >= 11 is 1.34. The third-order valence-electron chi connectivity index (χ3n) is 3.86. The highest BCUT2D eigenvalue weighted by molar-refractivity contribution is 14.0. The van der Waals surface area contributed by atoms with Crippen molar-refractivity contribution in [2.75, 3.05) is 26.2 Å². The lowest BCUT2D eigenvalue weighted by atomic mass is 10.1. The molecule has 0 aliphatic heterocycles. The van der Waals surface area contributed by atoms with Gasteiger partial charge in [-0.15, -0.1) is 35.3 Å². The van der Waals surface area contributed by atoms with Gasteiger partial charge in [-0.2, -0.15) is 0 Å². The fourth-order valence-corrected chi connectivity index (χ4v) is 3.16. The summed E-state index contributed by atoms with van der Waals surface area (Å²) in [7, 11) is 0. The van der Waals surface area contributed by atoms with Gasteiger partial charge in [0, 0.05) is 26.2 Å². The molecule has 2 aromatic rings. The fraction of sp³-hybridized carbons (Fsp3) is 0.421. The second kappa shape index (κ2) is 13.5. The van der Waals surface area contributed by atoms with Crippen LogP contribution in [0.5, 0.6) is 0 Å². The Bertz CT molecular complexity index is 739. The average Bonchev–Trinajstić information content (AvgIpc) is 3.11. The minimum atomic E-state index is -0.528. The predicted molar refractivity (Wildman–Crippen MR) is 125 cm³/mol. The van der Waals surface area contributed by atoms with Crippen LogP contribution in [0.2, 0.25) is 0 Å². The van der Waals surface area contributed by atoms with E-state index in [4.69, 9.17) is 0 Å². The zero-order valence-electron chi connectivity index (χ0n) is 16.1. The van der Waals surface area contributed by atoms with E-state index < -0.39 is 6.10 Å². The molecular formula is C19H28IN5O2S. The largest absolute Gasteiger partial charge is 0.388 e. The van der Waals surface area contributed by atoms with E-state index in [9.17, 15) is 9.90 Å². The van der Waals surface area contributed by atoms with Crippen LogP contribution in [0.3, 0.4) is 0 Å². The number of amides is 1. The highest BCUT2D eigenvalue weighted by atomic mass is 127. The number of aryl methyl sites for hydroxylation is 1. The Morgan fingerprint density at radius 3 is 2.57 bits per heavy atom. The van der Waals surface area contributed by atoms with Crippen LogP contribution in [0.4, 0.5) is 0 Å². The van der Waals surface area contributed by atoms with E-state index in [1.54, 1.807) is 5.51 Å². The second-order valence-corrected chi connectivity index (χ2v) is 6.78. The molecule has 9 heteroatoms. The van der Waals surface area contributed by atoms with E-state index in [1.165, 1.54) is 11.3 Å². The van der Waals surface area contributed by atoms with Gasteiger partial charge >= 0.3 is 0 Å². The van der Waals surface area contributed by atoms with Crippen molar-refractivity contribution in [3.8, 4) is 0 Å². The Kier molecular flexibility index (Phi) is 11.7. The van der Waals surface area contributed by atoms with E-state index >= 15 is 0 Å². The van der Waals surface area contributed by atoms with Crippen LogP contribution in [0, 0.1) is 6.92 Å². The molecule has 1 aromatic heterocycles. The van der Waals surface area contributed by atoms with Crippen molar-refractivity contribution in [2.45, 2.75) is 26.4 Å². The summed E-state index contributed by atoms with van der Waals surface area (Å²) in [6.45, 7) is 6.08. The molecule has 28 heavy (non-hydrogen) atoms. The van der Waals surface area contributed by atoms with Crippen molar-refractivity contribution in [1.82, 2.24) is 20.9 Å². The first-order valence-corrected chi connectivity index (χ1v) is 9.93. The lowest BCUT2D eigenvalue weighted by Gasteiger charge is -2.13. The molecule has 2 rings (SSSR count). The van der Waals surface area contributed by atoms with Crippen LogP contribution in [-0.4, -0.2) is 48.1 Å². The quantitative estimate of drug-likeness (QED) is 0.177. The molecule has 7 nitrogen and oxygen atoms in total. The van der Waals surface area contributed by atoms with Crippen LogP contribution < -0.4 is 16.0 Å². The number of aliphatic hydroxyl groups is 1. The zero-order valence-corrected chi connectivity index (χ0v) is 19.3. The Labute approximate surface area is 187 Å². The van der Waals surface area contributed by atoms with Gasteiger partial charge in [0.1, 0.15) is 4.88 Å². The summed E-state index contributed by atoms with van der Waals surface area (Å²) in [4.78, 5) is 21.2. The summed E-state index contributed by atoms with van der Waals surface area (Å²) < 4.78 is 0. The van der Waals surface area contributed by atoms with Gasteiger partial charge in [-0.25, -0.2) is 4.98 Å². The zero-order chi connectivity index (χ0) is 19.5. The van der Waals surface area contributed by atoms with Crippen molar-refractivity contribution in [2.24, 2.45) is 4.99 Å². The highest BCUT2D eigenvalue weighted by Crippen LogP contribution is 2.15. The van der Waals surface area contributed by atoms with Crippen LogP contribution in [-0.2, 0) is 0 Å². The monoisotopic (exact) mass is 517 g/mol. The van der Waals surface area contributed by atoms with Gasteiger partial charge in [-0.1, -0.05) is 30.3 Å². The highest BCUT2D eigenvalue weighted by Gasteiger charge is 2.10. The van der Waals surface area contributed by atoms with Gasteiger partial charge in [0.15, 0.2) is 5.96 Å². The third kappa shape index (κ3) is 8.11. The first-order valence-electron chi connectivity index (χ1n) is 9.05. The third-order valence-corrected chi connectivity index (χ3v) is 4.78. The Hall–Kier alpha value is -1.72. The van der Waals surface area contributed by atoms with Crippen molar-refractivity contribution in [3.63, 3.8) is 0 Å². The molecule has 0 saturated heterocycles. The van der Waals surface area contributed by atoms with E-state index in [1.807, 2.05) is 44.2 Å². The van der Waals surface area contributed by atoms with Crippen LogP contribution in [0.1, 0.15) is 40.4 Å². The molecule has 0 aliphatic carbocycles. The number of nitrogens with one attached hydrogen (secondary N) is 3. The van der Waals surface area contributed by atoms with Gasteiger partial charge in [0.05, 0.1) is 17.3 Å². The summed E-state index contributed by atoms with van der Waals surface area (Å²) in [5.41, 5.74) is 3.31. The van der Waals surface area contributed by atoms with Crippen molar-refractivity contribution in [1.29, 1.82) is 0 Å². The lowest BCUT2D eigenvalue weighted by molar-refractivity contribution is 0.0957. The number of aliphatic hydroxyl groups excluding tert-OH is 1.